The number of rotatable bonds is 9. The molecule has 202 valence electrons. The number of anilines is 2. The molecule has 2 aromatic heterocycles. The second-order valence-electron chi connectivity index (χ2n) is 9.64. The number of carbonyl (C=O) groups excluding carboxylic acids is 1. The third kappa shape index (κ3) is 5.85. The van der Waals surface area contributed by atoms with Gasteiger partial charge in [0.1, 0.15) is 12.0 Å². The lowest BCUT2D eigenvalue weighted by atomic mass is 9.98. The van der Waals surface area contributed by atoms with E-state index >= 15 is 4.39 Å². The predicted octanol–water partition coefficient (Wildman–Crippen LogP) is 5.31. The molecule has 0 radical (unpaired) electrons. The van der Waals surface area contributed by atoms with Crippen LogP contribution >= 0.6 is 0 Å². The van der Waals surface area contributed by atoms with Crippen LogP contribution in [-0.2, 0) is 14.8 Å². The van der Waals surface area contributed by atoms with Gasteiger partial charge < -0.3 is 9.69 Å². The first kappa shape index (κ1) is 26.6. The van der Waals surface area contributed by atoms with Crippen LogP contribution in [-0.4, -0.2) is 48.3 Å². The molecule has 1 aliphatic heterocycles. The average molecular weight is 548 g/mol. The normalized spacial score (nSPS) is 14.4. The van der Waals surface area contributed by atoms with Gasteiger partial charge in [-0.3, -0.25) is 9.71 Å². The Kier molecular flexibility index (Phi) is 7.74. The lowest BCUT2D eigenvalue weighted by Gasteiger charge is -2.31. The fraction of sp³-hybridized carbons (Fsp3) is 0.276. The van der Waals surface area contributed by atoms with E-state index in [2.05, 4.69) is 14.6 Å². The van der Waals surface area contributed by atoms with E-state index in [-0.39, 0.29) is 22.9 Å². The number of benzene rings is 2. The van der Waals surface area contributed by atoms with Crippen molar-refractivity contribution in [3.63, 3.8) is 0 Å². The molecule has 1 N–H and O–H groups in total. The van der Waals surface area contributed by atoms with E-state index in [4.69, 9.17) is 5.10 Å². The first-order valence-electron chi connectivity index (χ1n) is 13.0. The molecule has 0 amide bonds. The van der Waals surface area contributed by atoms with E-state index < -0.39 is 15.8 Å². The highest BCUT2D eigenvalue weighted by Crippen LogP contribution is 2.36. The summed E-state index contributed by atoms with van der Waals surface area (Å²) in [6.07, 6.45) is 8.21. The zero-order valence-corrected chi connectivity index (χ0v) is 22.4. The van der Waals surface area contributed by atoms with Crippen LogP contribution in [0.4, 0.5) is 15.8 Å². The lowest BCUT2D eigenvalue weighted by Crippen LogP contribution is -2.34. The number of piperidine rings is 1. The van der Waals surface area contributed by atoms with Gasteiger partial charge in [-0.1, -0.05) is 19.1 Å². The molecule has 39 heavy (non-hydrogen) atoms. The zero-order valence-electron chi connectivity index (χ0n) is 21.6. The number of halogens is 1. The molecule has 0 unspecified atom stereocenters. The minimum absolute atomic E-state index is 0.0953. The predicted molar refractivity (Wildman–Crippen MR) is 151 cm³/mol. The van der Waals surface area contributed by atoms with Gasteiger partial charge in [0.05, 0.1) is 17.1 Å². The first-order chi connectivity index (χ1) is 18.9. The molecule has 0 bridgehead atoms. The smallest absolute Gasteiger partial charge is 0.232 e. The van der Waals surface area contributed by atoms with Crippen molar-refractivity contribution < 1.29 is 17.6 Å². The number of aromatic nitrogens is 3. The summed E-state index contributed by atoms with van der Waals surface area (Å²) in [7, 11) is -3.66. The van der Waals surface area contributed by atoms with Gasteiger partial charge in [0.15, 0.2) is 5.82 Å². The summed E-state index contributed by atoms with van der Waals surface area (Å²) >= 11 is 0. The van der Waals surface area contributed by atoms with Gasteiger partial charge in [-0.15, -0.1) is 0 Å². The molecule has 0 saturated carbocycles. The molecule has 0 spiro atoms. The molecule has 1 aliphatic rings. The van der Waals surface area contributed by atoms with Crippen molar-refractivity contribution in [1.29, 1.82) is 0 Å². The van der Waals surface area contributed by atoms with Gasteiger partial charge in [-0.25, -0.2) is 17.5 Å². The van der Waals surface area contributed by atoms with Gasteiger partial charge in [0.2, 0.25) is 10.0 Å². The van der Waals surface area contributed by atoms with Crippen molar-refractivity contribution >= 4 is 27.7 Å². The van der Waals surface area contributed by atoms with Crippen LogP contribution in [0.25, 0.3) is 28.1 Å². The van der Waals surface area contributed by atoms with Gasteiger partial charge in [-0.05, 0) is 61.7 Å². The molecule has 1 fully saturated rings. The molecule has 10 heteroatoms. The maximum atomic E-state index is 15.7. The summed E-state index contributed by atoms with van der Waals surface area (Å²) in [5.41, 5.74) is 3.83. The molecule has 5 rings (SSSR count). The second kappa shape index (κ2) is 11.4. The van der Waals surface area contributed by atoms with E-state index in [1.165, 1.54) is 6.07 Å². The molecular formula is C29H30FN5O3S. The van der Waals surface area contributed by atoms with Crippen molar-refractivity contribution in [2.45, 2.75) is 26.2 Å². The summed E-state index contributed by atoms with van der Waals surface area (Å²) in [5, 5.41) is 4.80. The van der Waals surface area contributed by atoms with Gasteiger partial charge in [0.25, 0.3) is 0 Å². The number of hydrogen-bond donors (Lipinski definition) is 1. The number of carbonyl (C=O) groups is 1. The van der Waals surface area contributed by atoms with Crippen molar-refractivity contribution in [3.05, 3.63) is 79.0 Å². The van der Waals surface area contributed by atoms with Crippen LogP contribution < -0.4 is 9.62 Å². The van der Waals surface area contributed by atoms with E-state index in [0.717, 1.165) is 49.2 Å². The quantitative estimate of drug-likeness (QED) is 0.286. The average Bonchev–Trinajstić information content (AvgIpc) is 3.40. The summed E-state index contributed by atoms with van der Waals surface area (Å²) in [5.74, 6) is -0.626. The highest BCUT2D eigenvalue weighted by molar-refractivity contribution is 7.92. The summed E-state index contributed by atoms with van der Waals surface area (Å²) in [6, 6.07) is 16.2. The second-order valence-corrected chi connectivity index (χ2v) is 11.5. The molecule has 2 aromatic carbocycles. The van der Waals surface area contributed by atoms with Crippen LogP contribution in [0.3, 0.4) is 0 Å². The number of sulfonamides is 1. The first-order valence-corrected chi connectivity index (χ1v) is 14.6. The minimum Gasteiger partial charge on any atom is -0.371 e. The van der Waals surface area contributed by atoms with Crippen molar-refractivity contribution in [1.82, 2.24) is 14.8 Å². The highest BCUT2D eigenvalue weighted by atomic mass is 32.2. The van der Waals surface area contributed by atoms with Gasteiger partial charge in [-0.2, -0.15) is 5.10 Å². The Morgan fingerprint density at radius 2 is 1.69 bits per heavy atom. The Morgan fingerprint density at radius 1 is 1.00 bits per heavy atom. The van der Waals surface area contributed by atoms with E-state index in [9.17, 15) is 13.2 Å². The third-order valence-electron chi connectivity index (χ3n) is 6.91. The van der Waals surface area contributed by atoms with E-state index in [1.54, 1.807) is 54.5 Å². The van der Waals surface area contributed by atoms with Gasteiger partial charge in [0, 0.05) is 60.0 Å². The lowest BCUT2D eigenvalue weighted by molar-refractivity contribution is -0.111. The van der Waals surface area contributed by atoms with Crippen molar-refractivity contribution in [2.75, 3.05) is 28.5 Å². The molecule has 0 atom stereocenters. The van der Waals surface area contributed by atoms with Crippen LogP contribution in [0.5, 0.6) is 0 Å². The Labute approximate surface area is 227 Å². The number of nitrogens with one attached hydrogen (secondary N) is 1. The molecule has 3 heterocycles. The Hall–Kier alpha value is -4.05. The highest BCUT2D eigenvalue weighted by Gasteiger charge is 2.22. The topological polar surface area (TPSA) is 97.2 Å². The van der Waals surface area contributed by atoms with Crippen LogP contribution in [0.15, 0.2) is 73.2 Å². The monoisotopic (exact) mass is 547 g/mol. The number of hydrogen-bond acceptors (Lipinski definition) is 6. The Bertz CT molecular complexity index is 1550. The molecule has 1 saturated heterocycles. The van der Waals surface area contributed by atoms with Crippen LogP contribution in [0, 0.1) is 11.7 Å². The standard InChI is InChI=1S/C29H30FN5O3S/c1-2-18-39(37,38)33-27-5-3-4-25(28(27)30)26-19-35(32-29(26)22-10-14-31-15-11-22)24-8-6-23(7-9-24)34-16-12-21(20-36)13-17-34/h3-11,14-15,19-21,33H,2,12-13,16-18H2,1H3. The number of nitrogens with zero attached hydrogens (tertiary/aromatic N) is 4. The fourth-order valence-corrected chi connectivity index (χ4v) is 5.97. The van der Waals surface area contributed by atoms with E-state index in [0.29, 0.717) is 17.7 Å². The Morgan fingerprint density at radius 3 is 2.36 bits per heavy atom. The van der Waals surface area contributed by atoms with Gasteiger partial charge >= 0.3 is 0 Å². The number of aldehydes is 1. The maximum absolute atomic E-state index is 15.7. The molecule has 8 nitrogen and oxygen atoms in total. The fourth-order valence-electron chi connectivity index (χ4n) is 4.84. The minimum atomic E-state index is -3.66. The van der Waals surface area contributed by atoms with E-state index in [1.807, 2.05) is 24.3 Å². The summed E-state index contributed by atoms with van der Waals surface area (Å²) in [4.78, 5) is 17.4. The molecular weight excluding hydrogens is 517 g/mol. The Balaban J connectivity index is 1.51. The SMILES string of the molecule is CCCS(=O)(=O)Nc1cccc(-c2cn(-c3ccc(N4CCC(C=O)CC4)cc3)nc2-c2ccncc2)c1F. The van der Waals surface area contributed by atoms with Crippen LogP contribution in [0.2, 0.25) is 0 Å². The van der Waals surface area contributed by atoms with Crippen LogP contribution in [0.1, 0.15) is 26.2 Å². The maximum Gasteiger partial charge on any atom is 0.232 e. The molecule has 0 aliphatic carbocycles. The summed E-state index contributed by atoms with van der Waals surface area (Å²) < 4.78 is 44.5. The molecule has 4 aromatic rings. The third-order valence-corrected chi connectivity index (χ3v) is 8.38. The largest absolute Gasteiger partial charge is 0.371 e. The van der Waals surface area contributed by atoms with Crippen molar-refractivity contribution in [3.8, 4) is 28.1 Å². The summed E-state index contributed by atoms with van der Waals surface area (Å²) in [6.45, 7) is 3.42. The van der Waals surface area contributed by atoms with Crippen molar-refractivity contribution in [2.24, 2.45) is 5.92 Å². The number of pyridine rings is 1. The zero-order chi connectivity index (χ0) is 27.4.